The van der Waals surface area contributed by atoms with Crippen LogP contribution in [0.5, 0.6) is 0 Å². The molecule has 0 aliphatic heterocycles. The zero-order valence-corrected chi connectivity index (χ0v) is 10.3. The van der Waals surface area contributed by atoms with Crippen LogP contribution in [0.4, 0.5) is 0 Å². The molecule has 0 bridgehead atoms. The Balaban J connectivity index is 2.38. The lowest BCUT2D eigenvalue weighted by Crippen LogP contribution is -2.23. The number of carbonyl (C=O) groups is 1. The van der Waals surface area contributed by atoms with Gasteiger partial charge in [0.2, 0.25) is 5.91 Å². The van der Waals surface area contributed by atoms with Gasteiger partial charge in [0, 0.05) is 19.8 Å². The van der Waals surface area contributed by atoms with E-state index in [1.165, 1.54) is 0 Å². The fourth-order valence-electron chi connectivity index (χ4n) is 1.06. The number of thioether (sulfide) groups is 1. The average Bonchev–Trinajstić information content (AvgIpc) is 2.29. The second-order valence-electron chi connectivity index (χ2n) is 3.59. The Morgan fingerprint density at radius 2 is 2.00 bits per heavy atom. The van der Waals surface area contributed by atoms with Crippen LogP contribution in [0.15, 0.2) is 24.3 Å². The molecule has 0 heterocycles. The van der Waals surface area contributed by atoms with E-state index in [4.69, 9.17) is 5.26 Å². The molecule has 1 rings (SSSR count). The van der Waals surface area contributed by atoms with Crippen LogP contribution in [0.3, 0.4) is 0 Å². The monoisotopic (exact) mass is 234 g/mol. The van der Waals surface area contributed by atoms with Crippen molar-refractivity contribution < 1.29 is 4.79 Å². The topological polar surface area (TPSA) is 44.1 Å². The smallest absolute Gasteiger partial charge is 0.232 e. The van der Waals surface area contributed by atoms with Gasteiger partial charge in [0.25, 0.3) is 0 Å². The van der Waals surface area contributed by atoms with Crippen molar-refractivity contribution in [3.05, 3.63) is 35.4 Å². The van der Waals surface area contributed by atoms with Crippen molar-refractivity contribution >= 4 is 17.7 Å². The Labute approximate surface area is 100 Å². The predicted octanol–water partition coefficient (Wildman–Crippen LogP) is 1.88. The van der Waals surface area contributed by atoms with E-state index in [-0.39, 0.29) is 5.91 Å². The quantitative estimate of drug-likeness (QED) is 0.799. The zero-order chi connectivity index (χ0) is 12.0. The van der Waals surface area contributed by atoms with E-state index >= 15 is 0 Å². The third kappa shape index (κ3) is 3.95. The first-order chi connectivity index (χ1) is 7.63. The van der Waals surface area contributed by atoms with Crippen molar-refractivity contribution in [1.29, 1.82) is 5.26 Å². The Kier molecular flexibility index (Phi) is 4.87. The summed E-state index contributed by atoms with van der Waals surface area (Å²) < 4.78 is 0. The molecule has 3 nitrogen and oxygen atoms in total. The minimum Gasteiger partial charge on any atom is -0.348 e. The molecule has 0 unspecified atom stereocenters. The number of rotatable bonds is 4. The number of hydrogen-bond donors (Lipinski definition) is 0. The van der Waals surface area contributed by atoms with E-state index in [1.807, 2.05) is 12.1 Å². The van der Waals surface area contributed by atoms with E-state index in [9.17, 15) is 4.79 Å². The first-order valence-corrected chi connectivity index (χ1v) is 6.06. The Morgan fingerprint density at radius 3 is 2.50 bits per heavy atom. The highest BCUT2D eigenvalue weighted by molar-refractivity contribution is 7.99. The van der Waals surface area contributed by atoms with Gasteiger partial charge in [0.15, 0.2) is 0 Å². The van der Waals surface area contributed by atoms with Gasteiger partial charge in [-0.2, -0.15) is 5.26 Å². The number of amides is 1. The lowest BCUT2D eigenvalue weighted by molar-refractivity contribution is -0.125. The Morgan fingerprint density at radius 1 is 1.38 bits per heavy atom. The highest BCUT2D eigenvalue weighted by Gasteiger charge is 2.03. The molecule has 4 heteroatoms. The largest absolute Gasteiger partial charge is 0.348 e. The normalized spacial score (nSPS) is 9.56. The van der Waals surface area contributed by atoms with Crippen molar-refractivity contribution in [3.63, 3.8) is 0 Å². The fraction of sp³-hybridized carbons (Fsp3) is 0.333. The van der Waals surface area contributed by atoms with Crippen LogP contribution in [0, 0.1) is 11.3 Å². The van der Waals surface area contributed by atoms with Gasteiger partial charge in [-0.25, -0.2) is 0 Å². The molecule has 0 aliphatic carbocycles. The molecular formula is C12H14N2OS. The number of nitrogens with zero attached hydrogens (tertiary/aromatic N) is 2. The van der Waals surface area contributed by atoms with E-state index in [1.54, 1.807) is 42.9 Å². The first kappa shape index (κ1) is 12.6. The summed E-state index contributed by atoms with van der Waals surface area (Å²) in [7, 11) is 3.51. The molecule has 84 valence electrons. The summed E-state index contributed by atoms with van der Waals surface area (Å²) in [5.41, 5.74) is 1.80. The van der Waals surface area contributed by atoms with Crippen LogP contribution in [-0.4, -0.2) is 30.7 Å². The third-order valence-corrected chi connectivity index (χ3v) is 3.06. The van der Waals surface area contributed by atoms with Crippen LogP contribution < -0.4 is 0 Å². The molecule has 0 atom stereocenters. The van der Waals surface area contributed by atoms with Gasteiger partial charge < -0.3 is 4.90 Å². The van der Waals surface area contributed by atoms with Gasteiger partial charge in [0.1, 0.15) is 0 Å². The number of hydrogen-bond acceptors (Lipinski definition) is 3. The lowest BCUT2D eigenvalue weighted by atomic mass is 10.2. The summed E-state index contributed by atoms with van der Waals surface area (Å²) in [5, 5.41) is 8.63. The molecule has 1 aromatic rings. The highest BCUT2D eigenvalue weighted by atomic mass is 32.2. The van der Waals surface area contributed by atoms with Gasteiger partial charge in [-0.05, 0) is 17.7 Å². The lowest BCUT2D eigenvalue weighted by Gasteiger charge is -2.09. The molecule has 0 spiro atoms. The molecular weight excluding hydrogens is 220 g/mol. The van der Waals surface area contributed by atoms with Crippen LogP contribution in [-0.2, 0) is 10.5 Å². The van der Waals surface area contributed by atoms with Crippen LogP contribution in [0.2, 0.25) is 0 Å². The maximum absolute atomic E-state index is 11.3. The molecule has 1 amide bonds. The van der Waals surface area contributed by atoms with Crippen molar-refractivity contribution in [3.8, 4) is 6.07 Å². The minimum absolute atomic E-state index is 0.124. The van der Waals surface area contributed by atoms with Gasteiger partial charge in [-0.15, -0.1) is 11.8 Å². The van der Waals surface area contributed by atoms with E-state index in [2.05, 4.69) is 6.07 Å². The third-order valence-electron chi connectivity index (χ3n) is 2.08. The van der Waals surface area contributed by atoms with Crippen LogP contribution >= 0.6 is 11.8 Å². The molecule has 0 N–H and O–H groups in total. The van der Waals surface area contributed by atoms with Crippen molar-refractivity contribution in [2.75, 3.05) is 19.8 Å². The Hall–Kier alpha value is -1.47. The summed E-state index contributed by atoms with van der Waals surface area (Å²) in [6, 6.07) is 9.51. The summed E-state index contributed by atoms with van der Waals surface area (Å²) in [5.74, 6) is 1.41. The average molecular weight is 234 g/mol. The van der Waals surface area contributed by atoms with Gasteiger partial charge in [-0.3, -0.25) is 4.79 Å². The molecule has 0 saturated carbocycles. The first-order valence-electron chi connectivity index (χ1n) is 4.90. The predicted molar refractivity (Wildman–Crippen MR) is 66.0 cm³/mol. The summed E-state index contributed by atoms with van der Waals surface area (Å²) in [6.07, 6.45) is 0. The van der Waals surface area contributed by atoms with Crippen LogP contribution in [0.25, 0.3) is 0 Å². The molecule has 16 heavy (non-hydrogen) atoms. The zero-order valence-electron chi connectivity index (χ0n) is 9.43. The number of carbonyl (C=O) groups excluding carboxylic acids is 1. The summed E-state index contributed by atoms with van der Waals surface area (Å²) in [4.78, 5) is 12.9. The maximum atomic E-state index is 11.3. The SMILES string of the molecule is CN(C)C(=O)CSCc1ccc(C#N)cc1. The summed E-state index contributed by atoms with van der Waals surface area (Å²) in [6.45, 7) is 0. The minimum atomic E-state index is 0.124. The highest BCUT2D eigenvalue weighted by Crippen LogP contribution is 2.13. The van der Waals surface area contributed by atoms with E-state index in [0.717, 1.165) is 11.3 Å². The summed E-state index contributed by atoms with van der Waals surface area (Å²) >= 11 is 1.58. The molecule has 0 radical (unpaired) electrons. The van der Waals surface area contributed by atoms with Gasteiger partial charge in [0.05, 0.1) is 17.4 Å². The van der Waals surface area contributed by atoms with Crippen molar-refractivity contribution in [2.24, 2.45) is 0 Å². The standard InChI is InChI=1S/C12H14N2OS/c1-14(2)12(15)9-16-8-11-5-3-10(7-13)4-6-11/h3-6H,8-9H2,1-2H3. The molecule has 0 aliphatic rings. The molecule has 0 fully saturated rings. The van der Waals surface area contributed by atoms with Gasteiger partial charge in [-0.1, -0.05) is 12.1 Å². The second kappa shape index (κ2) is 6.19. The fourth-order valence-corrected chi connectivity index (χ4v) is 2.02. The maximum Gasteiger partial charge on any atom is 0.232 e. The Bertz CT molecular complexity index is 392. The number of benzene rings is 1. The second-order valence-corrected chi connectivity index (χ2v) is 4.58. The number of nitriles is 1. The van der Waals surface area contributed by atoms with Crippen molar-refractivity contribution in [1.82, 2.24) is 4.90 Å². The van der Waals surface area contributed by atoms with Crippen LogP contribution in [0.1, 0.15) is 11.1 Å². The molecule has 1 aromatic carbocycles. The van der Waals surface area contributed by atoms with E-state index < -0.39 is 0 Å². The van der Waals surface area contributed by atoms with Crippen molar-refractivity contribution in [2.45, 2.75) is 5.75 Å². The molecule has 0 aromatic heterocycles. The molecule has 0 saturated heterocycles. The van der Waals surface area contributed by atoms with Gasteiger partial charge >= 0.3 is 0 Å². The van der Waals surface area contributed by atoms with E-state index in [0.29, 0.717) is 11.3 Å².